The largest absolute Gasteiger partial charge is 0.474 e. The van der Waals surface area contributed by atoms with Crippen molar-refractivity contribution in [2.45, 2.75) is 51.2 Å². The van der Waals surface area contributed by atoms with E-state index in [0.29, 0.717) is 18.3 Å². The molecule has 0 aliphatic heterocycles. The van der Waals surface area contributed by atoms with Crippen molar-refractivity contribution in [2.75, 3.05) is 19.5 Å². The van der Waals surface area contributed by atoms with Crippen LogP contribution in [0, 0.1) is 0 Å². The van der Waals surface area contributed by atoms with Crippen LogP contribution in [0.3, 0.4) is 0 Å². The molecule has 1 aromatic heterocycles. The van der Waals surface area contributed by atoms with Crippen molar-refractivity contribution in [2.24, 2.45) is 0 Å². The van der Waals surface area contributed by atoms with E-state index in [1.807, 2.05) is 13.1 Å². The van der Waals surface area contributed by atoms with Gasteiger partial charge in [-0.25, -0.2) is 4.98 Å². The Morgan fingerprint density at radius 1 is 1.21 bits per heavy atom. The maximum Gasteiger partial charge on any atom is 0.219 e. The maximum absolute atomic E-state index is 6.02. The lowest BCUT2D eigenvalue weighted by atomic mass is 10.1. The van der Waals surface area contributed by atoms with Gasteiger partial charge in [0.2, 0.25) is 5.88 Å². The number of anilines is 1. The molecule has 1 aromatic rings. The molecule has 0 aromatic carbocycles. The van der Waals surface area contributed by atoms with E-state index in [0.717, 1.165) is 18.7 Å². The van der Waals surface area contributed by atoms with Crippen molar-refractivity contribution < 1.29 is 9.47 Å². The Morgan fingerprint density at radius 2 is 1.95 bits per heavy atom. The molecule has 0 saturated heterocycles. The number of ether oxygens (including phenoxy) is 2. The van der Waals surface area contributed by atoms with Crippen molar-refractivity contribution in [3.05, 3.63) is 11.9 Å². The van der Waals surface area contributed by atoms with E-state index < -0.39 is 0 Å². The van der Waals surface area contributed by atoms with Crippen molar-refractivity contribution >= 4 is 5.82 Å². The lowest BCUT2D eigenvalue weighted by Gasteiger charge is -2.17. The molecular weight excluding hydrogens is 242 g/mol. The summed E-state index contributed by atoms with van der Waals surface area (Å²) in [6, 6.07) is 1.85. The third kappa shape index (κ3) is 4.35. The standard InChI is InChI=1S/C14H23N3O2/c1-15-12-9-14(17-13(16-12)10-18-2)19-11-7-5-3-4-6-8-11/h9,11H,3-8,10H2,1-2H3,(H,15,16,17). The van der Waals surface area contributed by atoms with Crippen LogP contribution in [0.2, 0.25) is 0 Å². The highest BCUT2D eigenvalue weighted by atomic mass is 16.5. The summed E-state index contributed by atoms with van der Waals surface area (Å²) in [4.78, 5) is 8.72. The van der Waals surface area contributed by atoms with E-state index in [-0.39, 0.29) is 6.10 Å². The molecule has 0 amide bonds. The van der Waals surface area contributed by atoms with Gasteiger partial charge in [0.05, 0.1) is 0 Å². The number of rotatable bonds is 5. The van der Waals surface area contributed by atoms with Crippen LogP contribution in [-0.4, -0.2) is 30.2 Å². The summed E-state index contributed by atoms with van der Waals surface area (Å²) in [5, 5.41) is 3.03. The van der Waals surface area contributed by atoms with Gasteiger partial charge in [0.15, 0.2) is 5.82 Å². The summed E-state index contributed by atoms with van der Waals surface area (Å²) < 4.78 is 11.1. The molecule has 19 heavy (non-hydrogen) atoms. The molecule has 2 rings (SSSR count). The number of aromatic nitrogens is 2. The Morgan fingerprint density at radius 3 is 2.58 bits per heavy atom. The Labute approximate surface area is 114 Å². The minimum atomic E-state index is 0.289. The first-order valence-electron chi connectivity index (χ1n) is 7.03. The Hall–Kier alpha value is -1.36. The van der Waals surface area contributed by atoms with Gasteiger partial charge in [-0.2, -0.15) is 4.98 Å². The molecule has 0 spiro atoms. The molecular formula is C14H23N3O2. The van der Waals surface area contributed by atoms with Crippen LogP contribution in [-0.2, 0) is 11.3 Å². The molecule has 1 heterocycles. The third-order valence-corrected chi connectivity index (χ3v) is 3.37. The van der Waals surface area contributed by atoms with Gasteiger partial charge >= 0.3 is 0 Å². The van der Waals surface area contributed by atoms with Crippen LogP contribution in [0.25, 0.3) is 0 Å². The number of nitrogens with one attached hydrogen (secondary N) is 1. The first-order valence-corrected chi connectivity index (χ1v) is 7.03. The zero-order valence-electron chi connectivity index (χ0n) is 11.8. The molecule has 1 N–H and O–H groups in total. The fourth-order valence-electron chi connectivity index (χ4n) is 2.39. The fraction of sp³-hybridized carbons (Fsp3) is 0.714. The zero-order valence-corrected chi connectivity index (χ0v) is 11.8. The number of methoxy groups -OCH3 is 1. The van der Waals surface area contributed by atoms with Gasteiger partial charge in [-0.05, 0) is 25.7 Å². The average molecular weight is 265 g/mol. The van der Waals surface area contributed by atoms with E-state index in [4.69, 9.17) is 9.47 Å². The van der Waals surface area contributed by atoms with Crippen molar-refractivity contribution in [3.8, 4) is 5.88 Å². The van der Waals surface area contributed by atoms with Gasteiger partial charge in [0.25, 0.3) is 0 Å². The highest BCUT2D eigenvalue weighted by Crippen LogP contribution is 2.23. The summed E-state index contributed by atoms with van der Waals surface area (Å²) in [6.07, 6.45) is 7.68. The van der Waals surface area contributed by atoms with Crippen LogP contribution in [0.5, 0.6) is 5.88 Å². The first-order chi connectivity index (χ1) is 9.31. The number of hydrogen-bond acceptors (Lipinski definition) is 5. The van der Waals surface area contributed by atoms with Crippen LogP contribution in [0.1, 0.15) is 44.3 Å². The number of nitrogens with zero attached hydrogens (tertiary/aromatic N) is 2. The van der Waals surface area contributed by atoms with E-state index in [1.54, 1.807) is 7.11 Å². The second-order valence-electron chi connectivity index (χ2n) is 4.92. The van der Waals surface area contributed by atoms with Crippen LogP contribution >= 0.6 is 0 Å². The molecule has 5 heteroatoms. The van der Waals surface area contributed by atoms with Crippen LogP contribution in [0.4, 0.5) is 5.82 Å². The predicted molar refractivity (Wildman–Crippen MR) is 74.4 cm³/mol. The summed E-state index contributed by atoms with van der Waals surface area (Å²) >= 11 is 0. The van der Waals surface area contributed by atoms with Crippen LogP contribution < -0.4 is 10.1 Å². The minimum Gasteiger partial charge on any atom is -0.474 e. The molecule has 1 saturated carbocycles. The molecule has 5 nitrogen and oxygen atoms in total. The topological polar surface area (TPSA) is 56.3 Å². The maximum atomic E-state index is 6.02. The monoisotopic (exact) mass is 265 g/mol. The first kappa shape index (κ1) is 14.1. The second kappa shape index (κ2) is 7.28. The second-order valence-corrected chi connectivity index (χ2v) is 4.92. The molecule has 0 unspecified atom stereocenters. The van der Waals surface area contributed by atoms with Gasteiger partial charge in [-0.1, -0.05) is 12.8 Å². The Balaban J connectivity index is 2.06. The summed E-state index contributed by atoms with van der Waals surface area (Å²) in [6.45, 7) is 0.399. The molecule has 0 radical (unpaired) electrons. The van der Waals surface area contributed by atoms with Crippen molar-refractivity contribution in [1.29, 1.82) is 0 Å². The molecule has 0 bridgehead atoms. The van der Waals surface area contributed by atoms with Crippen molar-refractivity contribution in [1.82, 2.24) is 9.97 Å². The fourth-order valence-corrected chi connectivity index (χ4v) is 2.39. The quantitative estimate of drug-likeness (QED) is 0.830. The van der Waals surface area contributed by atoms with Gasteiger partial charge < -0.3 is 14.8 Å². The molecule has 0 atom stereocenters. The highest BCUT2D eigenvalue weighted by Gasteiger charge is 2.15. The van der Waals surface area contributed by atoms with Crippen molar-refractivity contribution in [3.63, 3.8) is 0 Å². The van der Waals surface area contributed by atoms with E-state index in [2.05, 4.69) is 15.3 Å². The summed E-state index contributed by atoms with van der Waals surface area (Å²) in [7, 11) is 3.48. The minimum absolute atomic E-state index is 0.289. The Kier molecular flexibility index (Phi) is 5.39. The lowest BCUT2D eigenvalue weighted by molar-refractivity contribution is 0.164. The number of hydrogen-bond donors (Lipinski definition) is 1. The lowest BCUT2D eigenvalue weighted by Crippen LogP contribution is -2.16. The van der Waals surface area contributed by atoms with E-state index >= 15 is 0 Å². The summed E-state index contributed by atoms with van der Waals surface area (Å²) in [5.41, 5.74) is 0. The van der Waals surface area contributed by atoms with Gasteiger partial charge in [0.1, 0.15) is 18.5 Å². The highest BCUT2D eigenvalue weighted by molar-refractivity contribution is 5.37. The SMILES string of the molecule is CNc1cc(OC2CCCCCC2)nc(COC)n1. The molecule has 1 aliphatic rings. The third-order valence-electron chi connectivity index (χ3n) is 3.37. The normalized spacial score (nSPS) is 16.9. The van der Waals surface area contributed by atoms with E-state index in [9.17, 15) is 0 Å². The molecule has 1 aliphatic carbocycles. The summed E-state index contributed by atoms with van der Waals surface area (Å²) in [5.74, 6) is 2.07. The predicted octanol–water partition coefficient (Wildman–Crippen LogP) is 2.77. The average Bonchev–Trinajstić information content (AvgIpc) is 2.67. The Bertz CT molecular complexity index is 390. The van der Waals surface area contributed by atoms with Gasteiger partial charge in [0, 0.05) is 20.2 Å². The van der Waals surface area contributed by atoms with E-state index in [1.165, 1.54) is 25.7 Å². The molecule has 106 valence electrons. The van der Waals surface area contributed by atoms with Gasteiger partial charge in [-0.3, -0.25) is 0 Å². The smallest absolute Gasteiger partial charge is 0.219 e. The molecule has 1 fully saturated rings. The van der Waals surface area contributed by atoms with Crippen LogP contribution in [0.15, 0.2) is 6.07 Å². The zero-order chi connectivity index (χ0) is 13.5. The van der Waals surface area contributed by atoms with Gasteiger partial charge in [-0.15, -0.1) is 0 Å².